The first-order chi connectivity index (χ1) is 17.0. The number of rotatable bonds is 6. The van der Waals surface area contributed by atoms with Crippen molar-refractivity contribution in [3.63, 3.8) is 0 Å². The van der Waals surface area contributed by atoms with Gasteiger partial charge in [0.15, 0.2) is 0 Å². The molecule has 2 heterocycles. The average Bonchev–Trinajstić information content (AvgIpc) is 2.91. The maximum atomic E-state index is 13.6. The minimum absolute atomic E-state index is 0.00389. The summed E-state index contributed by atoms with van der Waals surface area (Å²) in [6.45, 7) is 4.47. The molecule has 2 saturated heterocycles. The van der Waals surface area contributed by atoms with Crippen LogP contribution >= 0.6 is 0 Å². The Balaban J connectivity index is 1.47. The third kappa shape index (κ3) is 5.84. The van der Waals surface area contributed by atoms with Gasteiger partial charge in [-0.25, -0.2) is 0 Å². The number of carbonyl (C=O) groups excluding carboxylic acids is 3. The molecular formula is C28H35N3O4. The third-order valence-electron chi connectivity index (χ3n) is 7.22. The molecule has 186 valence electrons. The van der Waals surface area contributed by atoms with Crippen LogP contribution in [-0.2, 0) is 4.79 Å². The van der Waals surface area contributed by atoms with E-state index in [0.717, 1.165) is 37.9 Å². The Bertz CT molecular complexity index is 1060. The number of piperidine rings is 2. The first-order valence-corrected chi connectivity index (χ1v) is 12.6. The molecule has 1 atom stereocenters. The number of hydrogen-bond acceptors (Lipinski definition) is 4. The number of hydrogen-bond donors (Lipinski definition) is 1. The molecular weight excluding hydrogens is 442 g/mol. The van der Waals surface area contributed by atoms with E-state index in [-0.39, 0.29) is 23.6 Å². The van der Waals surface area contributed by atoms with Crippen molar-refractivity contribution in [2.75, 3.05) is 33.3 Å². The summed E-state index contributed by atoms with van der Waals surface area (Å²) in [4.78, 5) is 43.5. The molecule has 7 heteroatoms. The van der Waals surface area contributed by atoms with Crippen LogP contribution in [0.15, 0.2) is 48.5 Å². The zero-order valence-electron chi connectivity index (χ0n) is 20.7. The fraction of sp³-hybridized carbons (Fsp3) is 0.464. The van der Waals surface area contributed by atoms with E-state index in [4.69, 9.17) is 4.74 Å². The predicted octanol–water partition coefficient (Wildman–Crippen LogP) is 3.67. The highest BCUT2D eigenvalue weighted by atomic mass is 16.5. The summed E-state index contributed by atoms with van der Waals surface area (Å²) in [6, 6.07) is 14.0. The molecule has 2 aromatic rings. The van der Waals surface area contributed by atoms with Gasteiger partial charge in [0.2, 0.25) is 5.91 Å². The first kappa shape index (κ1) is 24.8. The van der Waals surface area contributed by atoms with Crippen LogP contribution in [0.25, 0.3) is 0 Å². The summed E-state index contributed by atoms with van der Waals surface area (Å²) in [6.07, 6.45) is 4.45. The average molecular weight is 478 g/mol. The lowest BCUT2D eigenvalue weighted by molar-refractivity contribution is -0.136. The summed E-state index contributed by atoms with van der Waals surface area (Å²) >= 11 is 0. The normalized spacial score (nSPS) is 17.5. The second kappa shape index (κ2) is 11.4. The SMILES string of the molecule is COc1cccc(C(=O)N2CCC(C(NC(=O)c3ccccc3C)C(=O)N3CCCCC3)CC2)c1. The standard InChI is InChI=1S/C28H35N3O4/c1-20-9-4-5-12-24(20)26(32)29-25(28(34)30-15-6-3-7-16-30)21-13-17-31(18-14-21)27(33)22-10-8-11-23(19-22)35-2/h4-5,8-12,19,21,25H,3,6-7,13-18H2,1-2H3,(H,29,32). The van der Waals surface area contributed by atoms with Crippen molar-refractivity contribution in [2.45, 2.75) is 45.1 Å². The number of methoxy groups -OCH3 is 1. The van der Waals surface area contributed by atoms with Crippen LogP contribution in [0, 0.1) is 12.8 Å². The minimum Gasteiger partial charge on any atom is -0.497 e. The van der Waals surface area contributed by atoms with Gasteiger partial charge in [0.25, 0.3) is 11.8 Å². The maximum absolute atomic E-state index is 13.6. The highest BCUT2D eigenvalue weighted by molar-refractivity contribution is 5.99. The molecule has 0 bridgehead atoms. The van der Waals surface area contributed by atoms with E-state index in [1.165, 1.54) is 0 Å². The molecule has 7 nitrogen and oxygen atoms in total. The van der Waals surface area contributed by atoms with Crippen LogP contribution < -0.4 is 10.1 Å². The van der Waals surface area contributed by atoms with Crippen LogP contribution in [0.4, 0.5) is 0 Å². The van der Waals surface area contributed by atoms with E-state index < -0.39 is 6.04 Å². The third-order valence-corrected chi connectivity index (χ3v) is 7.22. The van der Waals surface area contributed by atoms with Crippen LogP contribution in [0.3, 0.4) is 0 Å². The van der Waals surface area contributed by atoms with Gasteiger partial charge < -0.3 is 19.9 Å². The fourth-order valence-electron chi connectivity index (χ4n) is 5.11. The summed E-state index contributed by atoms with van der Waals surface area (Å²) in [5.41, 5.74) is 2.07. The number of aryl methyl sites for hydroxylation is 1. The van der Waals surface area contributed by atoms with Gasteiger partial charge in [0, 0.05) is 37.3 Å². The van der Waals surface area contributed by atoms with Crippen LogP contribution in [0.5, 0.6) is 5.75 Å². The number of benzene rings is 2. The second-order valence-electron chi connectivity index (χ2n) is 9.51. The topological polar surface area (TPSA) is 79.0 Å². The van der Waals surface area contributed by atoms with Crippen molar-refractivity contribution in [3.8, 4) is 5.75 Å². The number of nitrogens with zero attached hydrogens (tertiary/aromatic N) is 2. The van der Waals surface area contributed by atoms with Gasteiger partial charge in [-0.1, -0.05) is 24.3 Å². The molecule has 4 rings (SSSR count). The Hall–Kier alpha value is -3.35. The molecule has 1 N–H and O–H groups in total. The maximum Gasteiger partial charge on any atom is 0.253 e. The van der Waals surface area contributed by atoms with Gasteiger partial charge in [-0.3, -0.25) is 14.4 Å². The molecule has 0 radical (unpaired) electrons. The number of ether oxygens (including phenoxy) is 1. The Morgan fingerprint density at radius 3 is 2.31 bits per heavy atom. The van der Waals surface area contributed by atoms with Crippen molar-refractivity contribution in [1.29, 1.82) is 0 Å². The summed E-state index contributed by atoms with van der Waals surface area (Å²) in [5, 5.41) is 3.08. The van der Waals surface area contributed by atoms with E-state index in [9.17, 15) is 14.4 Å². The van der Waals surface area contributed by atoms with E-state index in [0.29, 0.717) is 42.8 Å². The Kier molecular flexibility index (Phi) is 8.06. The van der Waals surface area contributed by atoms with Crippen molar-refractivity contribution in [2.24, 2.45) is 5.92 Å². The molecule has 2 fully saturated rings. The molecule has 0 saturated carbocycles. The molecule has 1 unspecified atom stereocenters. The summed E-state index contributed by atoms with van der Waals surface area (Å²) in [5.74, 6) is 0.381. The van der Waals surface area contributed by atoms with E-state index in [1.807, 2.05) is 47.1 Å². The number of nitrogens with one attached hydrogen (secondary N) is 1. The van der Waals surface area contributed by atoms with Gasteiger partial charge in [-0.2, -0.15) is 0 Å². The summed E-state index contributed by atoms with van der Waals surface area (Å²) in [7, 11) is 1.58. The fourth-order valence-corrected chi connectivity index (χ4v) is 5.11. The van der Waals surface area contributed by atoms with Gasteiger partial charge in [0.1, 0.15) is 11.8 Å². The monoisotopic (exact) mass is 477 g/mol. The Morgan fingerprint density at radius 1 is 0.914 bits per heavy atom. The van der Waals surface area contributed by atoms with Crippen LogP contribution in [0.1, 0.15) is 58.4 Å². The van der Waals surface area contributed by atoms with Crippen molar-refractivity contribution >= 4 is 17.7 Å². The van der Waals surface area contributed by atoms with Crippen LogP contribution in [0.2, 0.25) is 0 Å². The van der Waals surface area contributed by atoms with E-state index in [2.05, 4.69) is 5.32 Å². The number of amides is 3. The largest absolute Gasteiger partial charge is 0.497 e. The zero-order chi connectivity index (χ0) is 24.8. The van der Waals surface area contributed by atoms with E-state index in [1.54, 1.807) is 25.3 Å². The van der Waals surface area contributed by atoms with Crippen molar-refractivity contribution in [3.05, 3.63) is 65.2 Å². The minimum atomic E-state index is -0.589. The second-order valence-corrected chi connectivity index (χ2v) is 9.51. The van der Waals surface area contributed by atoms with Gasteiger partial charge in [0.05, 0.1) is 7.11 Å². The molecule has 0 aliphatic carbocycles. The van der Waals surface area contributed by atoms with Gasteiger partial charge in [-0.05, 0) is 74.8 Å². The molecule has 2 aromatic carbocycles. The highest BCUT2D eigenvalue weighted by Gasteiger charge is 2.36. The highest BCUT2D eigenvalue weighted by Crippen LogP contribution is 2.26. The summed E-state index contributed by atoms with van der Waals surface area (Å²) < 4.78 is 5.25. The molecule has 35 heavy (non-hydrogen) atoms. The van der Waals surface area contributed by atoms with Crippen molar-refractivity contribution < 1.29 is 19.1 Å². The molecule has 0 aromatic heterocycles. The van der Waals surface area contributed by atoms with Gasteiger partial charge >= 0.3 is 0 Å². The van der Waals surface area contributed by atoms with Crippen LogP contribution in [-0.4, -0.2) is 66.9 Å². The number of carbonyl (C=O) groups is 3. The van der Waals surface area contributed by atoms with E-state index >= 15 is 0 Å². The quantitative estimate of drug-likeness (QED) is 0.689. The lowest BCUT2D eigenvalue weighted by Crippen LogP contribution is -2.55. The smallest absolute Gasteiger partial charge is 0.253 e. The lowest BCUT2D eigenvalue weighted by atomic mass is 9.87. The zero-order valence-corrected chi connectivity index (χ0v) is 20.7. The first-order valence-electron chi connectivity index (χ1n) is 12.6. The lowest BCUT2D eigenvalue weighted by Gasteiger charge is -2.38. The van der Waals surface area contributed by atoms with Gasteiger partial charge in [-0.15, -0.1) is 0 Å². The Morgan fingerprint density at radius 2 is 1.63 bits per heavy atom. The number of likely N-dealkylation sites (tertiary alicyclic amines) is 2. The molecule has 2 aliphatic rings. The molecule has 3 amide bonds. The van der Waals surface area contributed by atoms with Crippen molar-refractivity contribution in [1.82, 2.24) is 15.1 Å². The molecule has 2 aliphatic heterocycles. The molecule has 0 spiro atoms. The predicted molar refractivity (Wildman–Crippen MR) is 134 cm³/mol. The Labute approximate surface area is 207 Å².